The van der Waals surface area contributed by atoms with E-state index in [0.717, 1.165) is 11.1 Å². The third-order valence-electron chi connectivity index (χ3n) is 4.17. The van der Waals surface area contributed by atoms with Gasteiger partial charge in [-0.15, -0.1) is 0 Å². The predicted molar refractivity (Wildman–Crippen MR) is 92.7 cm³/mol. The zero-order chi connectivity index (χ0) is 18.1. The maximum atomic E-state index is 11.6. The number of rotatable bonds is 5. The minimum atomic E-state index is -0.528. The number of hydrogen-bond donors (Lipinski definition) is 0. The van der Waals surface area contributed by atoms with Crippen LogP contribution in [0.15, 0.2) is 36.5 Å². The lowest BCUT2D eigenvalue weighted by atomic mass is 10.00. The Labute approximate surface area is 143 Å². The van der Waals surface area contributed by atoms with Crippen LogP contribution < -0.4 is 9.47 Å². The first-order valence-electron chi connectivity index (χ1n) is 7.49. The molecule has 2 aromatic heterocycles. The van der Waals surface area contributed by atoms with Crippen molar-refractivity contribution >= 4 is 17.5 Å². The van der Waals surface area contributed by atoms with Gasteiger partial charge in [-0.3, -0.25) is 14.9 Å². The Morgan fingerprint density at radius 1 is 1.12 bits per heavy atom. The SMILES string of the molecule is COc1c([N+](=O)[O-])ccc(C=O)c1-c1c(C)c(OC)c2ccccn12. The molecular formula is C18H16N2O5. The minimum absolute atomic E-state index is 0.0450. The van der Waals surface area contributed by atoms with Crippen LogP contribution in [0, 0.1) is 17.0 Å². The van der Waals surface area contributed by atoms with E-state index in [1.54, 1.807) is 7.11 Å². The van der Waals surface area contributed by atoms with Crippen LogP contribution in [0.3, 0.4) is 0 Å². The molecule has 2 heterocycles. The minimum Gasteiger partial charge on any atom is -0.494 e. The first-order chi connectivity index (χ1) is 12.0. The first-order valence-corrected chi connectivity index (χ1v) is 7.49. The number of carbonyl (C=O) groups is 1. The topological polar surface area (TPSA) is 83.1 Å². The monoisotopic (exact) mass is 340 g/mol. The number of fused-ring (bicyclic) bond motifs is 1. The number of nitrogens with zero attached hydrogens (tertiary/aromatic N) is 2. The van der Waals surface area contributed by atoms with E-state index < -0.39 is 4.92 Å². The number of nitro benzene ring substituents is 1. The smallest absolute Gasteiger partial charge is 0.311 e. The molecule has 0 aliphatic rings. The molecule has 128 valence electrons. The molecule has 0 aliphatic carbocycles. The van der Waals surface area contributed by atoms with Crippen LogP contribution in [0.25, 0.3) is 16.8 Å². The van der Waals surface area contributed by atoms with E-state index in [-0.39, 0.29) is 11.4 Å². The molecule has 0 atom stereocenters. The predicted octanol–water partition coefficient (Wildman–Crippen LogP) is 3.65. The molecule has 0 spiro atoms. The Kier molecular flexibility index (Phi) is 4.14. The number of pyridine rings is 1. The van der Waals surface area contributed by atoms with Crippen LogP contribution in [-0.2, 0) is 0 Å². The van der Waals surface area contributed by atoms with Gasteiger partial charge in [0, 0.05) is 23.4 Å². The van der Waals surface area contributed by atoms with E-state index in [0.29, 0.717) is 28.9 Å². The van der Waals surface area contributed by atoms with Gasteiger partial charge in [0.1, 0.15) is 5.75 Å². The molecule has 0 fully saturated rings. The number of methoxy groups -OCH3 is 2. The molecule has 0 unspecified atom stereocenters. The van der Waals surface area contributed by atoms with E-state index in [9.17, 15) is 14.9 Å². The van der Waals surface area contributed by atoms with Crippen molar-refractivity contribution in [2.24, 2.45) is 0 Å². The number of ether oxygens (including phenoxy) is 2. The fourth-order valence-electron chi connectivity index (χ4n) is 3.15. The van der Waals surface area contributed by atoms with Gasteiger partial charge in [0.05, 0.1) is 35.9 Å². The lowest BCUT2D eigenvalue weighted by Crippen LogP contribution is -2.01. The average molecular weight is 340 g/mol. The van der Waals surface area contributed by atoms with Gasteiger partial charge in [-0.1, -0.05) is 6.07 Å². The zero-order valence-electron chi connectivity index (χ0n) is 14.0. The second-order valence-corrected chi connectivity index (χ2v) is 5.42. The van der Waals surface area contributed by atoms with Crippen molar-refractivity contribution in [3.05, 3.63) is 57.8 Å². The summed E-state index contributed by atoms with van der Waals surface area (Å²) in [6, 6.07) is 8.28. The normalized spacial score (nSPS) is 10.7. The average Bonchev–Trinajstić information content (AvgIpc) is 2.91. The quantitative estimate of drug-likeness (QED) is 0.402. The van der Waals surface area contributed by atoms with Crippen LogP contribution in [0.5, 0.6) is 11.5 Å². The summed E-state index contributed by atoms with van der Waals surface area (Å²) in [4.78, 5) is 22.5. The molecule has 0 N–H and O–H groups in total. The maximum Gasteiger partial charge on any atom is 0.311 e. The Morgan fingerprint density at radius 2 is 1.84 bits per heavy atom. The second kappa shape index (κ2) is 6.27. The molecule has 3 aromatic rings. The van der Waals surface area contributed by atoms with E-state index >= 15 is 0 Å². The molecule has 7 heteroatoms. The van der Waals surface area contributed by atoms with Gasteiger partial charge in [0.15, 0.2) is 6.29 Å². The number of carbonyl (C=O) groups excluding carboxylic acids is 1. The summed E-state index contributed by atoms with van der Waals surface area (Å²) >= 11 is 0. The van der Waals surface area contributed by atoms with Crippen LogP contribution in [-0.4, -0.2) is 29.8 Å². The van der Waals surface area contributed by atoms with Crippen molar-refractivity contribution in [2.45, 2.75) is 6.92 Å². The molecule has 25 heavy (non-hydrogen) atoms. The van der Waals surface area contributed by atoms with Crippen molar-refractivity contribution in [3.63, 3.8) is 0 Å². The van der Waals surface area contributed by atoms with Crippen LogP contribution >= 0.6 is 0 Å². The van der Waals surface area contributed by atoms with E-state index in [2.05, 4.69) is 0 Å². The summed E-state index contributed by atoms with van der Waals surface area (Å²) in [6.45, 7) is 1.84. The summed E-state index contributed by atoms with van der Waals surface area (Å²) in [5.74, 6) is 0.685. The van der Waals surface area contributed by atoms with Gasteiger partial charge < -0.3 is 13.9 Å². The summed E-state index contributed by atoms with van der Waals surface area (Å²) in [7, 11) is 2.91. The van der Waals surface area contributed by atoms with Crippen LogP contribution in [0.1, 0.15) is 15.9 Å². The standard InChI is InChI=1S/C18H16N2O5/c1-11-16(19-9-5-4-6-13(19)17(11)24-2)15-12(10-21)7-8-14(20(22)23)18(15)25-3/h4-10H,1-3H3. The van der Waals surface area contributed by atoms with Gasteiger partial charge in [-0.05, 0) is 25.1 Å². The lowest BCUT2D eigenvalue weighted by Gasteiger charge is -2.12. The Bertz CT molecular complexity index is 991. The number of hydrogen-bond acceptors (Lipinski definition) is 5. The Balaban J connectivity index is 2.51. The molecule has 0 radical (unpaired) electrons. The van der Waals surface area contributed by atoms with Crippen molar-refractivity contribution in [2.75, 3.05) is 14.2 Å². The number of benzene rings is 1. The second-order valence-electron chi connectivity index (χ2n) is 5.42. The molecule has 0 saturated carbocycles. The third kappa shape index (κ3) is 2.40. The highest BCUT2D eigenvalue weighted by molar-refractivity contribution is 5.95. The Morgan fingerprint density at radius 3 is 2.44 bits per heavy atom. The fourth-order valence-corrected chi connectivity index (χ4v) is 3.15. The molecule has 0 saturated heterocycles. The highest BCUT2D eigenvalue weighted by Gasteiger charge is 2.27. The number of aromatic nitrogens is 1. The fraction of sp³-hybridized carbons (Fsp3) is 0.167. The molecule has 3 rings (SSSR count). The molecule has 1 aromatic carbocycles. The lowest BCUT2D eigenvalue weighted by molar-refractivity contribution is -0.385. The van der Waals surface area contributed by atoms with Gasteiger partial charge in [0.2, 0.25) is 5.75 Å². The summed E-state index contributed by atoms with van der Waals surface area (Å²) in [5.41, 5.74) is 2.64. The van der Waals surface area contributed by atoms with Crippen molar-refractivity contribution in [1.82, 2.24) is 4.40 Å². The molecule has 0 bridgehead atoms. The van der Waals surface area contributed by atoms with E-state index in [1.807, 2.05) is 35.7 Å². The maximum absolute atomic E-state index is 11.6. The van der Waals surface area contributed by atoms with Gasteiger partial charge in [-0.25, -0.2) is 0 Å². The molecule has 0 amide bonds. The summed E-state index contributed by atoms with van der Waals surface area (Å²) < 4.78 is 12.7. The molecular weight excluding hydrogens is 324 g/mol. The molecule has 7 nitrogen and oxygen atoms in total. The Hall–Kier alpha value is -3.35. The number of aldehydes is 1. The van der Waals surface area contributed by atoms with Crippen molar-refractivity contribution in [3.8, 4) is 22.8 Å². The van der Waals surface area contributed by atoms with Gasteiger partial charge in [-0.2, -0.15) is 0 Å². The third-order valence-corrected chi connectivity index (χ3v) is 4.17. The van der Waals surface area contributed by atoms with E-state index in [4.69, 9.17) is 9.47 Å². The first kappa shape index (κ1) is 16.5. The molecule has 0 aliphatic heterocycles. The van der Waals surface area contributed by atoms with Gasteiger partial charge in [0.25, 0.3) is 0 Å². The van der Waals surface area contributed by atoms with Crippen LogP contribution in [0.2, 0.25) is 0 Å². The number of nitro groups is 1. The highest BCUT2D eigenvalue weighted by atomic mass is 16.6. The van der Waals surface area contributed by atoms with Crippen LogP contribution in [0.4, 0.5) is 5.69 Å². The zero-order valence-corrected chi connectivity index (χ0v) is 14.0. The summed E-state index contributed by atoms with van der Waals surface area (Å²) in [6.07, 6.45) is 2.48. The van der Waals surface area contributed by atoms with Gasteiger partial charge >= 0.3 is 5.69 Å². The van der Waals surface area contributed by atoms with Crippen molar-refractivity contribution in [1.29, 1.82) is 0 Å². The summed E-state index contributed by atoms with van der Waals surface area (Å²) in [5, 5.41) is 11.4. The highest BCUT2D eigenvalue weighted by Crippen LogP contribution is 2.45. The van der Waals surface area contributed by atoms with Crippen molar-refractivity contribution < 1.29 is 19.2 Å². The largest absolute Gasteiger partial charge is 0.494 e. The van der Waals surface area contributed by atoms with E-state index in [1.165, 1.54) is 19.2 Å².